The maximum atomic E-state index is 14.3. The van der Waals surface area contributed by atoms with Crippen LogP contribution in [0.2, 0.25) is 0 Å². The van der Waals surface area contributed by atoms with Crippen molar-refractivity contribution in [3.8, 4) is 5.75 Å². The van der Waals surface area contributed by atoms with Crippen LogP contribution in [0.15, 0.2) is 120 Å². The lowest BCUT2D eigenvalue weighted by molar-refractivity contribution is -0.140. The Hall–Kier alpha value is -4.63. The van der Waals surface area contributed by atoms with Crippen molar-refractivity contribution in [1.29, 1.82) is 0 Å². The number of carbonyl (C=O) groups excluding carboxylic acids is 2. The molecule has 4 rings (SSSR count). The third kappa shape index (κ3) is 8.23. The number of benzene rings is 4. The summed E-state index contributed by atoms with van der Waals surface area (Å²) in [6, 6.07) is 32.5. The number of hydrogen-bond donors (Lipinski definition) is 1. The van der Waals surface area contributed by atoms with Gasteiger partial charge in [-0.2, -0.15) is 0 Å². The Labute approximate surface area is 254 Å². The van der Waals surface area contributed by atoms with E-state index in [1.807, 2.05) is 67.6 Å². The van der Waals surface area contributed by atoms with Crippen molar-refractivity contribution < 1.29 is 22.7 Å². The lowest BCUT2D eigenvalue weighted by Crippen LogP contribution is -2.53. The predicted molar refractivity (Wildman–Crippen MR) is 168 cm³/mol. The van der Waals surface area contributed by atoms with Crippen molar-refractivity contribution in [3.63, 3.8) is 0 Å². The molecule has 9 heteroatoms. The molecular formula is C34H37N3O5S. The van der Waals surface area contributed by atoms with Crippen LogP contribution in [-0.2, 0) is 32.6 Å². The van der Waals surface area contributed by atoms with Crippen LogP contribution in [0.4, 0.5) is 5.69 Å². The van der Waals surface area contributed by atoms with E-state index in [9.17, 15) is 18.0 Å². The maximum absolute atomic E-state index is 14.3. The molecule has 4 aromatic rings. The second kappa shape index (κ2) is 15.0. The summed E-state index contributed by atoms with van der Waals surface area (Å²) in [4.78, 5) is 29.5. The number of nitrogens with zero attached hydrogens (tertiary/aromatic N) is 2. The summed E-state index contributed by atoms with van der Waals surface area (Å²) in [6.07, 6.45) is 1.00. The van der Waals surface area contributed by atoms with E-state index >= 15 is 0 Å². The highest BCUT2D eigenvalue weighted by Crippen LogP contribution is 2.26. The van der Waals surface area contributed by atoms with Crippen LogP contribution in [0, 0.1) is 0 Å². The first-order chi connectivity index (χ1) is 20.8. The number of nitrogens with one attached hydrogen (secondary N) is 1. The minimum atomic E-state index is -4.17. The summed E-state index contributed by atoms with van der Waals surface area (Å²) in [5.74, 6) is -0.284. The molecule has 224 valence electrons. The van der Waals surface area contributed by atoms with Crippen molar-refractivity contribution in [2.45, 2.75) is 37.2 Å². The van der Waals surface area contributed by atoms with Gasteiger partial charge in [-0.3, -0.25) is 13.9 Å². The zero-order valence-corrected chi connectivity index (χ0v) is 25.2. The summed E-state index contributed by atoms with van der Waals surface area (Å²) in [5, 5.41) is 2.95. The molecule has 43 heavy (non-hydrogen) atoms. The molecule has 0 bridgehead atoms. The van der Waals surface area contributed by atoms with Crippen molar-refractivity contribution in [3.05, 3.63) is 126 Å². The topological polar surface area (TPSA) is 96.0 Å². The average Bonchev–Trinajstić information content (AvgIpc) is 3.05. The number of para-hydroxylation sites is 1. The second-order valence-electron chi connectivity index (χ2n) is 10.0. The first-order valence-corrected chi connectivity index (χ1v) is 15.6. The van der Waals surface area contributed by atoms with Crippen LogP contribution in [0.1, 0.15) is 24.5 Å². The molecule has 2 amide bonds. The lowest BCUT2D eigenvalue weighted by Gasteiger charge is -2.34. The van der Waals surface area contributed by atoms with E-state index in [1.165, 1.54) is 24.1 Å². The molecule has 0 heterocycles. The SMILES string of the molecule is CCCNC(=O)[C@H](Cc1ccccc1)N(Cc1ccccc1)C(=O)CN(c1ccccc1)S(=O)(=O)c1ccc(OC)cc1. The molecule has 0 aromatic heterocycles. The van der Waals surface area contributed by atoms with Gasteiger partial charge < -0.3 is 15.0 Å². The van der Waals surface area contributed by atoms with Gasteiger partial charge in [-0.1, -0.05) is 85.8 Å². The molecule has 0 aliphatic carbocycles. The number of rotatable bonds is 14. The van der Waals surface area contributed by atoms with Crippen LogP contribution in [-0.4, -0.2) is 51.4 Å². The fraction of sp³-hybridized carbons (Fsp3) is 0.235. The number of anilines is 1. The second-order valence-corrected chi connectivity index (χ2v) is 11.9. The Morgan fingerprint density at radius 1 is 0.791 bits per heavy atom. The molecule has 0 spiro atoms. The highest BCUT2D eigenvalue weighted by Gasteiger charge is 2.34. The molecule has 0 aliphatic heterocycles. The summed E-state index contributed by atoms with van der Waals surface area (Å²) in [7, 11) is -2.67. The number of ether oxygens (including phenoxy) is 1. The Morgan fingerprint density at radius 2 is 1.35 bits per heavy atom. The van der Waals surface area contributed by atoms with E-state index in [1.54, 1.807) is 42.5 Å². The highest BCUT2D eigenvalue weighted by atomic mass is 32.2. The predicted octanol–water partition coefficient (Wildman–Crippen LogP) is 5.06. The number of carbonyl (C=O) groups is 2. The van der Waals surface area contributed by atoms with E-state index in [2.05, 4.69) is 5.32 Å². The molecule has 0 unspecified atom stereocenters. The Morgan fingerprint density at radius 3 is 1.91 bits per heavy atom. The molecule has 4 aromatic carbocycles. The fourth-order valence-electron chi connectivity index (χ4n) is 4.70. The molecule has 0 radical (unpaired) electrons. The summed E-state index contributed by atoms with van der Waals surface area (Å²) < 4.78 is 34.3. The monoisotopic (exact) mass is 599 g/mol. The quantitative estimate of drug-likeness (QED) is 0.219. The standard InChI is InChI=1S/C34H37N3O5S/c1-3-23-35-34(39)32(24-27-13-7-4-8-14-27)36(25-28-15-9-5-10-16-28)33(38)26-37(29-17-11-6-12-18-29)43(40,41)31-21-19-30(42-2)20-22-31/h4-22,32H,3,23-26H2,1-2H3,(H,35,39)/t32-/m0/s1. The third-order valence-corrected chi connectivity index (χ3v) is 8.77. The molecule has 0 aliphatic rings. The van der Waals surface area contributed by atoms with E-state index in [0.29, 0.717) is 18.0 Å². The van der Waals surface area contributed by atoms with Crippen molar-refractivity contribution in [2.75, 3.05) is 24.5 Å². The average molecular weight is 600 g/mol. The largest absolute Gasteiger partial charge is 0.497 e. The van der Waals surface area contributed by atoms with Gasteiger partial charge >= 0.3 is 0 Å². The van der Waals surface area contributed by atoms with Crippen molar-refractivity contribution in [2.24, 2.45) is 0 Å². The molecule has 1 atom stereocenters. The van der Waals surface area contributed by atoms with Crippen LogP contribution in [0.25, 0.3) is 0 Å². The number of hydrogen-bond acceptors (Lipinski definition) is 5. The van der Waals surface area contributed by atoms with Gasteiger partial charge in [0.15, 0.2) is 0 Å². The fourth-order valence-corrected chi connectivity index (χ4v) is 6.11. The van der Waals surface area contributed by atoms with Gasteiger partial charge in [0.25, 0.3) is 10.0 Å². The first kappa shape index (κ1) is 31.3. The maximum Gasteiger partial charge on any atom is 0.264 e. The van der Waals surface area contributed by atoms with Crippen LogP contribution in [0.3, 0.4) is 0 Å². The van der Waals surface area contributed by atoms with Crippen LogP contribution < -0.4 is 14.4 Å². The van der Waals surface area contributed by atoms with E-state index in [4.69, 9.17) is 4.74 Å². The van der Waals surface area contributed by atoms with Gasteiger partial charge in [0.05, 0.1) is 17.7 Å². The van der Waals surface area contributed by atoms with Gasteiger partial charge in [-0.05, 0) is 53.9 Å². The summed E-state index contributed by atoms with van der Waals surface area (Å²) in [5.41, 5.74) is 2.04. The molecule has 1 N–H and O–H groups in total. The van der Waals surface area contributed by atoms with E-state index in [-0.39, 0.29) is 23.8 Å². The lowest BCUT2D eigenvalue weighted by atomic mass is 10.0. The Balaban J connectivity index is 1.76. The summed E-state index contributed by atoms with van der Waals surface area (Å²) in [6.45, 7) is 2.04. The van der Waals surface area contributed by atoms with Crippen molar-refractivity contribution in [1.82, 2.24) is 10.2 Å². The Bertz CT molecular complexity index is 1570. The third-order valence-electron chi connectivity index (χ3n) is 6.99. The number of sulfonamides is 1. The minimum absolute atomic E-state index is 0.0149. The molecule has 8 nitrogen and oxygen atoms in total. The molecule has 0 fully saturated rings. The van der Waals surface area contributed by atoms with Crippen LogP contribution >= 0.6 is 0 Å². The zero-order valence-electron chi connectivity index (χ0n) is 24.4. The van der Waals surface area contributed by atoms with Gasteiger partial charge in [-0.15, -0.1) is 0 Å². The zero-order chi connectivity index (χ0) is 30.7. The highest BCUT2D eigenvalue weighted by molar-refractivity contribution is 7.92. The Kier molecular flexibility index (Phi) is 10.9. The van der Waals surface area contributed by atoms with Crippen LogP contribution in [0.5, 0.6) is 5.75 Å². The molecular weight excluding hydrogens is 562 g/mol. The molecule has 0 saturated heterocycles. The first-order valence-electron chi connectivity index (χ1n) is 14.2. The number of amides is 2. The number of methoxy groups -OCH3 is 1. The smallest absolute Gasteiger partial charge is 0.264 e. The van der Waals surface area contributed by atoms with Gasteiger partial charge in [-0.25, -0.2) is 8.42 Å². The summed E-state index contributed by atoms with van der Waals surface area (Å²) >= 11 is 0. The van der Waals surface area contributed by atoms with E-state index < -0.39 is 28.5 Å². The normalized spacial score (nSPS) is 11.8. The van der Waals surface area contributed by atoms with Gasteiger partial charge in [0.2, 0.25) is 11.8 Å². The van der Waals surface area contributed by atoms with Gasteiger partial charge in [0.1, 0.15) is 18.3 Å². The van der Waals surface area contributed by atoms with E-state index in [0.717, 1.165) is 21.9 Å². The van der Waals surface area contributed by atoms with Gasteiger partial charge in [0, 0.05) is 19.5 Å². The minimum Gasteiger partial charge on any atom is -0.497 e. The van der Waals surface area contributed by atoms with Crippen molar-refractivity contribution >= 4 is 27.5 Å². The molecule has 0 saturated carbocycles.